The quantitative estimate of drug-likeness (QED) is 0.776. The predicted molar refractivity (Wildman–Crippen MR) is 121 cm³/mol. The topological polar surface area (TPSA) is 69.7 Å². The third-order valence-electron chi connectivity index (χ3n) is 6.28. The second-order valence-corrected chi connectivity index (χ2v) is 9.26. The number of nitrogens with zero attached hydrogens (tertiary/aromatic N) is 2. The summed E-state index contributed by atoms with van der Waals surface area (Å²) < 4.78 is 0. The van der Waals surface area contributed by atoms with E-state index in [9.17, 15) is 14.4 Å². The first-order chi connectivity index (χ1) is 15.1. The fourth-order valence-corrected chi connectivity index (χ4v) is 5.14. The zero-order chi connectivity index (χ0) is 21.6. The number of hydrogen-bond acceptors (Lipinski definition) is 4. The molecule has 0 spiro atoms. The van der Waals surface area contributed by atoms with Crippen molar-refractivity contribution in [3.05, 3.63) is 58.3 Å². The van der Waals surface area contributed by atoms with Crippen molar-refractivity contribution in [3.63, 3.8) is 0 Å². The Balaban J connectivity index is 1.44. The Bertz CT molecular complexity index is 886. The van der Waals surface area contributed by atoms with Crippen molar-refractivity contribution in [3.8, 4) is 0 Å². The minimum absolute atomic E-state index is 0.0254. The van der Waals surface area contributed by atoms with E-state index in [1.807, 2.05) is 51.6 Å². The van der Waals surface area contributed by atoms with Crippen molar-refractivity contribution in [1.82, 2.24) is 15.1 Å². The van der Waals surface area contributed by atoms with Crippen LogP contribution in [0, 0.1) is 5.92 Å². The van der Waals surface area contributed by atoms with Crippen molar-refractivity contribution in [2.45, 2.75) is 38.1 Å². The maximum absolute atomic E-state index is 13.4. The molecule has 1 aromatic heterocycles. The number of piperidine rings is 2. The lowest BCUT2D eigenvalue weighted by Crippen LogP contribution is -2.55. The van der Waals surface area contributed by atoms with Crippen molar-refractivity contribution in [2.75, 3.05) is 26.2 Å². The molecule has 31 heavy (non-hydrogen) atoms. The van der Waals surface area contributed by atoms with Crippen LogP contribution in [-0.2, 0) is 4.79 Å². The first kappa shape index (κ1) is 21.6. The summed E-state index contributed by atoms with van der Waals surface area (Å²) in [5.41, 5.74) is 0.688. The smallest absolute Gasteiger partial charge is 0.262 e. The van der Waals surface area contributed by atoms with Gasteiger partial charge in [-0.15, -0.1) is 11.3 Å². The summed E-state index contributed by atoms with van der Waals surface area (Å²) in [6.45, 7) is 2.71. The van der Waals surface area contributed by atoms with Crippen LogP contribution in [0.5, 0.6) is 0 Å². The first-order valence-corrected chi connectivity index (χ1v) is 12.0. The molecular formula is C24H29N3O3S. The molecule has 4 rings (SSSR count). The second kappa shape index (κ2) is 10.1. The molecule has 1 atom stereocenters. The van der Waals surface area contributed by atoms with Crippen molar-refractivity contribution in [2.24, 2.45) is 5.92 Å². The van der Waals surface area contributed by atoms with Crippen molar-refractivity contribution >= 4 is 29.1 Å². The number of rotatable bonds is 5. The number of carbonyl (C=O) groups is 3. The van der Waals surface area contributed by atoms with Crippen molar-refractivity contribution in [1.29, 1.82) is 0 Å². The maximum Gasteiger partial charge on any atom is 0.262 e. The zero-order valence-corrected chi connectivity index (χ0v) is 18.5. The normalized spacial score (nSPS) is 18.5. The first-order valence-electron chi connectivity index (χ1n) is 11.1. The molecular weight excluding hydrogens is 410 g/mol. The average Bonchev–Trinajstić information content (AvgIpc) is 3.38. The van der Waals surface area contributed by atoms with Gasteiger partial charge in [0, 0.05) is 31.7 Å². The lowest BCUT2D eigenvalue weighted by atomic mass is 9.87. The molecule has 3 heterocycles. The Labute approximate surface area is 187 Å². The highest BCUT2D eigenvalue weighted by Crippen LogP contribution is 2.25. The molecule has 2 aromatic rings. The number of benzene rings is 1. The van der Waals surface area contributed by atoms with Crippen LogP contribution < -0.4 is 5.32 Å². The summed E-state index contributed by atoms with van der Waals surface area (Å²) in [5, 5.41) is 4.90. The molecule has 2 saturated heterocycles. The molecule has 2 aliphatic rings. The number of hydrogen-bond donors (Lipinski definition) is 1. The van der Waals surface area contributed by atoms with Crippen LogP contribution in [-0.4, -0.2) is 59.7 Å². The summed E-state index contributed by atoms with van der Waals surface area (Å²) in [4.78, 5) is 43.3. The molecule has 0 saturated carbocycles. The van der Waals surface area contributed by atoms with Gasteiger partial charge in [-0.1, -0.05) is 24.3 Å². The molecule has 2 fully saturated rings. The molecule has 164 valence electrons. The summed E-state index contributed by atoms with van der Waals surface area (Å²) in [6.07, 6.45) is 4.58. The third kappa shape index (κ3) is 5.15. The molecule has 0 radical (unpaired) electrons. The van der Waals surface area contributed by atoms with E-state index in [1.165, 1.54) is 11.3 Å². The zero-order valence-electron chi connectivity index (χ0n) is 17.7. The number of thiophene rings is 1. The minimum Gasteiger partial charge on any atom is -0.341 e. The summed E-state index contributed by atoms with van der Waals surface area (Å²) in [5.74, 6) is -0.107. The Morgan fingerprint density at radius 2 is 1.58 bits per heavy atom. The average molecular weight is 440 g/mol. The monoisotopic (exact) mass is 439 g/mol. The summed E-state index contributed by atoms with van der Waals surface area (Å²) in [6, 6.07) is 12.4. The molecule has 3 amide bonds. The molecule has 0 bridgehead atoms. The van der Waals surface area contributed by atoms with Gasteiger partial charge in [-0.2, -0.15) is 0 Å². The SMILES string of the molecule is O=C(N[C@@H](C(=O)N1CCCCC1)C1CCN(C(=O)c2ccccc2)CC1)c1cccs1. The van der Waals surface area contributed by atoms with Crippen LogP contribution in [0.4, 0.5) is 0 Å². The fraction of sp³-hybridized carbons (Fsp3) is 0.458. The highest BCUT2D eigenvalue weighted by atomic mass is 32.1. The summed E-state index contributed by atoms with van der Waals surface area (Å²) in [7, 11) is 0. The molecule has 2 aliphatic heterocycles. The van der Waals surface area contributed by atoms with Gasteiger partial charge in [-0.3, -0.25) is 14.4 Å². The van der Waals surface area contributed by atoms with Gasteiger partial charge in [0.2, 0.25) is 5.91 Å². The van der Waals surface area contributed by atoms with E-state index in [-0.39, 0.29) is 23.6 Å². The van der Waals surface area contributed by atoms with E-state index in [2.05, 4.69) is 5.32 Å². The van der Waals surface area contributed by atoms with Crippen LogP contribution in [0.15, 0.2) is 47.8 Å². The standard InChI is InChI=1S/C24H29N3O3S/c28-22(20-10-7-17-31-20)25-21(24(30)26-13-5-2-6-14-26)18-11-15-27(16-12-18)23(29)19-8-3-1-4-9-19/h1,3-4,7-10,17-18,21H,2,5-6,11-16H2,(H,25,28)/t21-/m1/s1. The largest absolute Gasteiger partial charge is 0.341 e. The molecule has 7 heteroatoms. The highest BCUT2D eigenvalue weighted by Gasteiger charge is 2.36. The van der Waals surface area contributed by atoms with E-state index in [0.29, 0.717) is 36.4 Å². The maximum atomic E-state index is 13.4. The summed E-state index contributed by atoms with van der Waals surface area (Å²) >= 11 is 1.38. The van der Waals surface area contributed by atoms with Gasteiger partial charge in [0.05, 0.1) is 4.88 Å². The van der Waals surface area contributed by atoms with Crippen molar-refractivity contribution < 1.29 is 14.4 Å². The van der Waals surface area contributed by atoms with Crippen LogP contribution in [0.1, 0.15) is 52.1 Å². The molecule has 1 aromatic carbocycles. The Morgan fingerprint density at radius 3 is 2.23 bits per heavy atom. The number of carbonyl (C=O) groups excluding carboxylic acids is 3. The van der Waals surface area contributed by atoms with Gasteiger partial charge in [0.1, 0.15) is 6.04 Å². The minimum atomic E-state index is -0.540. The van der Waals surface area contributed by atoms with Gasteiger partial charge < -0.3 is 15.1 Å². The Morgan fingerprint density at radius 1 is 0.871 bits per heavy atom. The van der Waals surface area contributed by atoms with E-state index < -0.39 is 6.04 Å². The molecule has 1 N–H and O–H groups in total. The van der Waals surface area contributed by atoms with Crippen LogP contribution in [0.2, 0.25) is 0 Å². The van der Waals surface area contributed by atoms with Crippen LogP contribution in [0.25, 0.3) is 0 Å². The van der Waals surface area contributed by atoms with Crippen LogP contribution in [0.3, 0.4) is 0 Å². The third-order valence-corrected chi connectivity index (χ3v) is 7.15. The predicted octanol–water partition coefficient (Wildman–Crippen LogP) is 3.41. The highest BCUT2D eigenvalue weighted by molar-refractivity contribution is 7.12. The van der Waals surface area contributed by atoms with Gasteiger partial charge in [-0.25, -0.2) is 0 Å². The van der Waals surface area contributed by atoms with Gasteiger partial charge in [0.25, 0.3) is 11.8 Å². The van der Waals surface area contributed by atoms with Gasteiger partial charge >= 0.3 is 0 Å². The number of likely N-dealkylation sites (tertiary alicyclic amines) is 2. The molecule has 0 aliphatic carbocycles. The lowest BCUT2D eigenvalue weighted by Gasteiger charge is -2.38. The van der Waals surface area contributed by atoms with E-state index >= 15 is 0 Å². The molecule has 0 unspecified atom stereocenters. The Hall–Kier alpha value is -2.67. The second-order valence-electron chi connectivity index (χ2n) is 8.31. The number of nitrogens with one attached hydrogen (secondary N) is 1. The lowest BCUT2D eigenvalue weighted by molar-refractivity contribution is -0.136. The van der Waals surface area contributed by atoms with Crippen LogP contribution >= 0.6 is 11.3 Å². The van der Waals surface area contributed by atoms with E-state index in [0.717, 1.165) is 32.4 Å². The number of amides is 3. The van der Waals surface area contributed by atoms with E-state index in [4.69, 9.17) is 0 Å². The Kier molecular flexibility index (Phi) is 7.02. The van der Waals surface area contributed by atoms with E-state index in [1.54, 1.807) is 6.07 Å². The fourth-order valence-electron chi connectivity index (χ4n) is 4.51. The van der Waals surface area contributed by atoms with Gasteiger partial charge in [-0.05, 0) is 61.6 Å². The van der Waals surface area contributed by atoms with Gasteiger partial charge in [0.15, 0.2) is 0 Å². The molecule has 6 nitrogen and oxygen atoms in total.